The largest absolute Gasteiger partial charge is 0.495 e. The van der Waals surface area contributed by atoms with Crippen molar-refractivity contribution >= 4 is 35.5 Å². The monoisotopic (exact) mass is 426 g/mol. The molecule has 0 saturated carbocycles. The molecule has 1 aromatic heterocycles. The van der Waals surface area contributed by atoms with Crippen molar-refractivity contribution < 1.29 is 28.3 Å². The molecule has 162 valence electrons. The molecule has 2 fully saturated rings. The molecule has 2 aliphatic heterocycles. The Morgan fingerprint density at radius 2 is 1.97 bits per heavy atom. The molecule has 0 bridgehead atoms. The van der Waals surface area contributed by atoms with Crippen LogP contribution in [0.5, 0.6) is 5.75 Å². The highest BCUT2D eigenvalue weighted by molar-refractivity contribution is 6.15. The Morgan fingerprint density at radius 1 is 1.19 bits per heavy atom. The summed E-state index contributed by atoms with van der Waals surface area (Å²) in [5, 5.41) is 5.13. The number of nitrogens with zero attached hydrogens (tertiary/aromatic N) is 2. The van der Waals surface area contributed by atoms with E-state index in [9.17, 15) is 14.4 Å². The zero-order valence-corrected chi connectivity index (χ0v) is 16.9. The van der Waals surface area contributed by atoms with Gasteiger partial charge in [-0.2, -0.15) is 0 Å². The third-order valence-electron chi connectivity index (χ3n) is 4.87. The Morgan fingerprint density at radius 3 is 2.74 bits per heavy atom. The Kier molecular flexibility index (Phi) is 5.89. The van der Waals surface area contributed by atoms with Gasteiger partial charge >= 0.3 is 6.03 Å². The first-order valence-electron chi connectivity index (χ1n) is 9.75. The van der Waals surface area contributed by atoms with Crippen LogP contribution in [0.3, 0.4) is 0 Å². The molecule has 10 heteroatoms. The highest BCUT2D eigenvalue weighted by Gasteiger charge is 2.35. The number of methoxy groups -OCH3 is 1. The Balaban J connectivity index is 1.41. The number of imide groups is 1. The Hall–Kier alpha value is -3.79. The van der Waals surface area contributed by atoms with Crippen LogP contribution >= 0.6 is 0 Å². The molecule has 0 spiro atoms. The van der Waals surface area contributed by atoms with Gasteiger partial charge in [-0.15, -0.1) is 0 Å². The molecule has 2 aliphatic rings. The minimum Gasteiger partial charge on any atom is -0.495 e. The number of morpholine rings is 1. The van der Waals surface area contributed by atoms with Crippen molar-refractivity contribution in [1.29, 1.82) is 0 Å². The van der Waals surface area contributed by atoms with Gasteiger partial charge in [-0.25, -0.2) is 9.69 Å². The van der Waals surface area contributed by atoms with Gasteiger partial charge in [0.2, 0.25) is 5.91 Å². The van der Waals surface area contributed by atoms with Crippen LogP contribution in [-0.2, 0) is 14.3 Å². The third kappa shape index (κ3) is 4.53. The van der Waals surface area contributed by atoms with E-state index in [1.807, 2.05) is 4.90 Å². The van der Waals surface area contributed by atoms with Crippen LogP contribution in [-0.4, -0.2) is 62.7 Å². The summed E-state index contributed by atoms with van der Waals surface area (Å²) in [6, 6.07) is 9.70. The predicted molar refractivity (Wildman–Crippen MR) is 112 cm³/mol. The Labute approximate surface area is 178 Å². The molecule has 3 heterocycles. The van der Waals surface area contributed by atoms with E-state index in [0.717, 1.165) is 4.90 Å². The average Bonchev–Trinajstić information content (AvgIpc) is 3.35. The molecule has 2 N–H and O–H groups in total. The molecular weight excluding hydrogens is 404 g/mol. The van der Waals surface area contributed by atoms with Crippen LogP contribution in [0.1, 0.15) is 5.76 Å². The lowest BCUT2D eigenvalue weighted by Gasteiger charge is -2.26. The van der Waals surface area contributed by atoms with Crippen molar-refractivity contribution in [2.24, 2.45) is 0 Å². The molecule has 0 radical (unpaired) electrons. The highest BCUT2D eigenvalue weighted by Crippen LogP contribution is 2.24. The summed E-state index contributed by atoms with van der Waals surface area (Å²) in [6.45, 7) is 2.24. The van der Waals surface area contributed by atoms with E-state index in [-0.39, 0.29) is 5.70 Å². The second kappa shape index (κ2) is 8.92. The first-order chi connectivity index (χ1) is 15.0. The quantitative estimate of drug-likeness (QED) is 0.533. The molecule has 0 aliphatic carbocycles. The van der Waals surface area contributed by atoms with Gasteiger partial charge in [0, 0.05) is 25.2 Å². The summed E-state index contributed by atoms with van der Waals surface area (Å²) in [6.07, 6.45) is 1.45. The molecule has 31 heavy (non-hydrogen) atoms. The Bertz CT molecular complexity index is 1020. The summed E-state index contributed by atoms with van der Waals surface area (Å²) in [5.41, 5.74) is 0.488. The lowest BCUT2D eigenvalue weighted by atomic mass is 10.3. The van der Waals surface area contributed by atoms with Gasteiger partial charge in [-0.05, 0) is 18.2 Å². The molecule has 2 aromatic rings. The zero-order chi connectivity index (χ0) is 21.8. The first-order valence-corrected chi connectivity index (χ1v) is 9.75. The van der Waals surface area contributed by atoms with E-state index in [1.54, 1.807) is 36.4 Å². The lowest BCUT2D eigenvalue weighted by Crippen LogP contribution is -2.38. The summed E-state index contributed by atoms with van der Waals surface area (Å²) in [4.78, 5) is 40.1. The zero-order valence-electron chi connectivity index (χ0n) is 16.9. The first kappa shape index (κ1) is 20.5. The van der Waals surface area contributed by atoms with Crippen LogP contribution in [0, 0.1) is 0 Å². The van der Waals surface area contributed by atoms with Crippen LogP contribution in [0.2, 0.25) is 0 Å². The second-order valence-electron chi connectivity index (χ2n) is 6.90. The van der Waals surface area contributed by atoms with Gasteiger partial charge in [-0.3, -0.25) is 9.59 Å². The fourth-order valence-electron chi connectivity index (χ4n) is 3.31. The lowest BCUT2D eigenvalue weighted by molar-refractivity contribution is -0.127. The van der Waals surface area contributed by atoms with E-state index in [4.69, 9.17) is 13.9 Å². The van der Waals surface area contributed by atoms with E-state index in [2.05, 4.69) is 10.6 Å². The van der Waals surface area contributed by atoms with Gasteiger partial charge in [-0.1, -0.05) is 12.1 Å². The topological polar surface area (TPSA) is 113 Å². The van der Waals surface area contributed by atoms with Crippen molar-refractivity contribution in [2.45, 2.75) is 0 Å². The maximum absolute atomic E-state index is 12.6. The second-order valence-corrected chi connectivity index (χ2v) is 6.90. The molecule has 0 atom stereocenters. The minimum absolute atomic E-state index is 0.0398. The number of ether oxygens (including phenoxy) is 2. The molecular formula is C21H22N4O6. The van der Waals surface area contributed by atoms with Crippen molar-refractivity contribution in [3.05, 3.63) is 47.9 Å². The number of nitrogens with one attached hydrogen (secondary N) is 2. The number of hydrogen-bond donors (Lipinski definition) is 2. The van der Waals surface area contributed by atoms with Crippen LogP contribution in [0.25, 0.3) is 6.08 Å². The van der Waals surface area contributed by atoms with Gasteiger partial charge in [0.15, 0.2) is 5.88 Å². The molecule has 2 saturated heterocycles. The van der Waals surface area contributed by atoms with E-state index < -0.39 is 24.4 Å². The number of hydrogen-bond acceptors (Lipinski definition) is 7. The number of amides is 4. The van der Waals surface area contributed by atoms with E-state index >= 15 is 0 Å². The van der Waals surface area contributed by atoms with Crippen molar-refractivity contribution in [2.75, 3.05) is 50.2 Å². The number of rotatable bonds is 6. The van der Waals surface area contributed by atoms with Gasteiger partial charge in [0.1, 0.15) is 23.8 Å². The number of anilines is 2. The van der Waals surface area contributed by atoms with Gasteiger partial charge in [0.05, 0.1) is 26.0 Å². The van der Waals surface area contributed by atoms with Crippen molar-refractivity contribution in [3.8, 4) is 5.75 Å². The number of urea groups is 1. The third-order valence-corrected chi connectivity index (χ3v) is 4.87. The smallest absolute Gasteiger partial charge is 0.329 e. The normalized spacial score (nSPS) is 17.8. The van der Waals surface area contributed by atoms with Crippen LogP contribution < -0.4 is 20.3 Å². The van der Waals surface area contributed by atoms with Crippen molar-refractivity contribution in [1.82, 2.24) is 10.2 Å². The number of para-hydroxylation sites is 2. The number of carbonyl (C=O) groups excluding carboxylic acids is 3. The standard InChI is InChI=1S/C21H22N4O6/c1-29-17-5-3-2-4-15(17)22-18(26)13-25-20(27)16(23-21(25)28)12-14-6-7-19(31-14)24-8-10-30-11-9-24/h2-7,12H,8-11,13H2,1H3,(H,22,26)(H,23,28)/b16-12+. The minimum atomic E-state index is -0.675. The number of carbonyl (C=O) groups is 3. The molecule has 4 rings (SSSR count). The fraction of sp³-hybridized carbons (Fsp3) is 0.286. The summed E-state index contributed by atoms with van der Waals surface area (Å²) < 4.78 is 16.3. The van der Waals surface area contributed by atoms with Crippen molar-refractivity contribution in [3.63, 3.8) is 0 Å². The molecule has 1 aromatic carbocycles. The van der Waals surface area contributed by atoms with E-state index in [0.29, 0.717) is 49.4 Å². The molecule has 10 nitrogen and oxygen atoms in total. The van der Waals surface area contributed by atoms with Gasteiger partial charge < -0.3 is 29.4 Å². The van der Waals surface area contributed by atoms with Crippen LogP contribution in [0.4, 0.5) is 16.4 Å². The maximum atomic E-state index is 12.6. The fourth-order valence-corrected chi connectivity index (χ4v) is 3.31. The summed E-state index contributed by atoms with van der Waals surface area (Å²) in [5.74, 6) is 0.430. The average molecular weight is 426 g/mol. The summed E-state index contributed by atoms with van der Waals surface area (Å²) >= 11 is 0. The molecule has 4 amide bonds. The van der Waals surface area contributed by atoms with Gasteiger partial charge in [0.25, 0.3) is 5.91 Å². The number of furan rings is 1. The number of benzene rings is 1. The highest BCUT2D eigenvalue weighted by atomic mass is 16.5. The summed E-state index contributed by atoms with van der Waals surface area (Å²) in [7, 11) is 1.48. The molecule has 0 unspecified atom stereocenters. The maximum Gasteiger partial charge on any atom is 0.329 e. The predicted octanol–water partition coefficient (Wildman–Crippen LogP) is 1.66. The SMILES string of the molecule is COc1ccccc1NC(=O)CN1C(=O)N/C(=C/c2ccc(N3CCOCC3)o2)C1=O. The van der Waals surface area contributed by atoms with Crippen LogP contribution in [0.15, 0.2) is 46.5 Å². The van der Waals surface area contributed by atoms with E-state index in [1.165, 1.54) is 13.2 Å².